The summed E-state index contributed by atoms with van der Waals surface area (Å²) in [5.74, 6) is 0.636. The number of anilines is 1. The number of fused-ring (bicyclic) bond motifs is 3. The highest BCUT2D eigenvalue weighted by molar-refractivity contribution is 9.10. The summed E-state index contributed by atoms with van der Waals surface area (Å²) in [5, 5.41) is 4.18. The summed E-state index contributed by atoms with van der Waals surface area (Å²) in [4.78, 5) is 33.3. The predicted octanol–water partition coefficient (Wildman–Crippen LogP) is 6.07. The molecular formula is C25H22BrN3O2S2. The normalized spacial score (nSPS) is 15.4. The monoisotopic (exact) mass is 539 g/mol. The molecule has 1 atom stereocenters. The second kappa shape index (κ2) is 9.44. The number of carbonyl (C=O) groups excluding carboxylic acids is 1. The molecular weight excluding hydrogens is 518 g/mol. The molecule has 1 aliphatic carbocycles. The van der Waals surface area contributed by atoms with Gasteiger partial charge in [0.15, 0.2) is 5.16 Å². The van der Waals surface area contributed by atoms with Crippen LogP contribution in [-0.2, 0) is 17.6 Å². The molecule has 0 radical (unpaired) electrons. The lowest BCUT2D eigenvalue weighted by Crippen LogP contribution is -2.23. The standard InChI is InChI=1S/C25H22BrN3O2S2/c1-15-7-12-19-20(13-15)33-23-22(19)24(31)29(18-5-3-2-4-6-18)25(28-23)32-14-21(30)27-17-10-8-16(26)9-11-17/h2-6,8-11,15H,7,12-14H2,1H3,(H,27,30)/t15-/m0/s1. The number of halogens is 1. The Balaban J connectivity index is 1.51. The number of benzene rings is 2. The zero-order valence-corrected chi connectivity index (χ0v) is 21.2. The number of hydrogen-bond acceptors (Lipinski definition) is 5. The molecule has 2 heterocycles. The van der Waals surface area contributed by atoms with Crippen molar-refractivity contribution in [3.05, 3.63) is 79.9 Å². The van der Waals surface area contributed by atoms with Gasteiger partial charge in [-0.1, -0.05) is 52.8 Å². The Hall–Kier alpha value is -2.42. The van der Waals surface area contributed by atoms with Crippen LogP contribution < -0.4 is 10.9 Å². The molecule has 5 nitrogen and oxygen atoms in total. The molecule has 2 aromatic carbocycles. The largest absolute Gasteiger partial charge is 0.325 e. The highest BCUT2D eigenvalue weighted by Gasteiger charge is 2.25. The van der Waals surface area contributed by atoms with Crippen LogP contribution in [0.15, 0.2) is 69.0 Å². The Kier molecular flexibility index (Phi) is 6.40. The first-order valence-electron chi connectivity index (χ1n) is 10.8. The molecule has 168 valence electrons. The Morgan fingerprint density at radius 2 is 1.97 bits per heavy atom. The van der Waals surface area contributed by atoms with Crippen LogP contribution in [0.2, 0.25) is 0 Å². The Morgan fingerprint density at radius 1 is 1.21 bits per heavy atom. The van der Waals surface area contributed by atoms with E-state index in [0.29, 0.717) is 11.1 Å². The molecule has 0 spiro atoms. The van der Waals surface area contributed by atoms with Crippen LogP contribution >= 0.6 is 39.0 Å². The predicted molar refractivity (Wildman–Crippen MR) is 140 cm³/mol. The number of thiophene rings is 1. The molecule has 8 heteroatoms. The number of amides is 1. The minimum absolute atomic E-state index is 0.0472. The third-order valence-electron chi connectivity index (χ3n) is 5.77. The van der Waals surface area contributed by atoms with E-state index in [-0.39, 0.29) is 17.2 Å². The van der Waals surface area contributed by atoms with E-state index in [4.69, 9.17) is 4.98 Å². The first-order valence-corrected chi connectivity index (χ1v) is 13.4. The van der Waals surface area contributed by atoms with Crippen molar-refractivity contribution < 1.29 is 4.79 Å². The second-order valence-electron chi connectivity index (χ2n) is 8.25. The number of para-hydroxylation sites is 1. The number of aromatic nitrogens is 2. The van der Waals surface area contributed by atoms with Crippen molar-refractivity contribution in [2.24, 2.45) is 5.92 Å². The third-order valence-corrected chi connectivity index (χ3v) is 8.39. The van der Waals surface area contributed by atoms with Crippen molar-refractivity contribution in [3.63, 3.8) is 0 Å². The van der Waals surface area contributed by atoms with Crippen LogP contribution in [0.5, 0.6) is 0 Å². The molecule has 0 bridgehead atoms. The van der Waals surface area contributed by atoms with Gasteiger partial charge in [-0.05, 0) is 67.1 Å². The molecule has 0 saturated carbocycles. The topological polar surface area (TPSA) is 64.0 Å². The molecule has 0 saturated heterocycles. The van der Waals surface area contributed by atoms with Gasteiger partial charge in [0.2, 0.25) is 5.91 Å². The van der Waals surface area contributed by atoms with Crippen LogP contribution in [0.25, 0.3) is 15.9 Å². The minimum atomic E-state index is -0.143. The molecule has 5 rings (SSSR count). The molecule has 1 aliphatic rings. The summed E-state index contributed by atoms with van der Waals surface area (Å²) in [6.07, 6.45) is 3.01. The fraction of sp³-hybridized carbons (Fsp3) is 0.240. The zero-order chi connectivity index (χ0) is 22.9. The maximum Gasteiger partial charge on any atom is 0.267 e. The lowest BCUT2D eigenvalue weighted by molar-refractivity contribution is -0.113. The molecule has 0 aliphatic heterocycles. The second-order valence-corrected chi connectivity index (χ2v) is 11.2. The van der Waals surface area contributed by atoms with Gasteiger partial charge < -0.3 is 5.32 Å². The highest BCUT2D eigenvalue weighted by Crippen LogP contribution is 2.37. The van der Waals surface area contributed by atoms with Crippen molar-refractivity contribution in [2.75, 3.05) is 11.1 Å². The summed E-state index contributed by atoms with van der Waals surface area (Å²) in [6, 6.07) is 17.0. The first kappa shape index (κ1) is 22.4. The average Bonchev–Trinajstić information content (AvgIpc) is 3.17. The van der Waals surface area contributed by atoms with E-state index in [1.165, 1.54) is 22.2 Å². The van der Waals surface area contributed by atoms with Gasteiger partial charge in [-0.2, -0.15) is 0 Å². The van der Waals surface area contributed by atoms with Crippen molar-refractivity contribution >= 4 is 60.8 Å². The highest BCUT2D eigenvalue weighted by atomic mass is 79.9. The van der Waals surface area contributed by atoms with E-state index in [1.54, 1.807) is 15.9 Å². The van der Waals surface area contributed by atoms with Crippen LogP contribution in [0, 0.1) is 5.92 Å². The van der Waals surface area contributed by atoms with Crippen LogP contribution in [0.4, 0.5) is 5.69 Å². The van der Waals surface area contributed by atoms with Crippen LogP contribution in [-0.4, -0.2) is 21.2 Å². The van der Waals surface area contributed by atoms with Gasteiger partial charge in [-0.3, -0.25) is 14.2 Å². The van der Waals surface area contributed by atoms with E-state index in [9.17, 15) is 9.59 Å². The number of hydrogen-bond donors (Lipinski definition) is 1. The van der Waals surface area contributed by atoms with Crippen molar-refractivity contribution in [1.82, 2.24) is 9.55 Å². The van der Waals surface area contributed by atoms with E-state index >= 15 is 0 Å². The molecule has 33 heavy (non-hydrogen) atoms. The zero-order valence-electron chi connectivity index (χ0n) is 18.0. The third kappa shape index (κ3) is 4.65. The molecule has 1 N–H and O–H groups in total. The summed E-state index contributed by atoms with van der Waals surface area (Å²) in [6.45, 7) is 2.26. The van der Waals surface area contributed by atoms with Gasteiger partial charge >= 0.3 is 0 Å². The number of nitrogens with one attached hydrogen (secondary N) is 1. The number of nitrogens with zero attached hydrogens (tertiary/aromatic N) is 2. The smallest absolute Gasteiger partial charge is 0.267 e. The molecule has 2 aromatic heterocycles. The summed E-state index contributed by atoms with van der Waals surface area (Å²) in [5.41, 5.74) is 2.61. The molecule has 1 amide bonds. The Labute approximate surface area is 208 Å². The summed E-state index contributed by atoms with van der Waals surface area (Å²) >= 11 is 6.31. The lowest BCUT2D eigenvalue weighted by atomic mass is 9.89. The lowest BCUT2D eigenvalue weighted by Gasteiger charge is -2.17. The SMILES string of the molecule is C[C@H]1CCc2c(sc3nc(SCC(=O)Nc4ccc(Br)cc4)n(-c4ccccc4)c(=O)c23)C1. The maximum absolute atomic E-state index is 13.7. The number of carbonyl (C=O) groups is 1. The van der Waals surface area contributed by atoms with E-state index in [2.05, 4.69) is 28.2 Å². The Morgan fingerprint density at radius 3 is 2.73 bits per heavy atom. The van der Waals surface area contributed by atoms with Crippen molar-refractivity contribution in [3.8, 4) is 5.69 Å². The number of thioether (sulfide) groups is 1. The first-order chi connectivity index (χ1) is 16.0. The van der Waals surface area contributed by atoms with Gasteiger partial charge in [-0.15, -0.1) is 11.3 Å². The van der Waals surface area contributed by atoms with Crippen LogP contribution in [0.1, 0.15) is 23.8 Å². The van der Waals surface area contributed by atoms with Gasteiger partial charge in [-0.25, -0.2) is 4.98 Å². The minimum Gasteiger partial charge on any atom is -0.325 e. The average molecular weight is 541 g/mol. The van der Waals surface area contributed by atoms with E-state index < -0.39 is 0 Å². The van der Waals surface area contributed by atoms with Gasteiger partial charge in [0, 0.05) is 15.0 Å². The van der Waals surface area contributed by atoms with Crippen molar-refractivity contribution in [1.29, 1.82) is 0 Å². The summed E-state index contributed by atoms with van der Waals surface area (Å²) < 4.78 is 2.61. The summed E-state index contributed by atoms with van der Waals surface area (Å²) in [7, 11) is 0. The fourth-order valence-electron chi connectivity index (χ4n) is 4.13. The number of rotatable bonds is 5. The van der Waals surface area contributed by atoms with E-state index in [0.717, 1.165) is 45.3 Å². The van der Waals surface area contributed by atoms with E-state index in [1.807, 2.05) is 54.6 Å². The molecule has 4 aromatic rings. The Bertz CT molecular complexity index is 1380. The molecule has 0 unspecified atom stereocenters. The quantitative estimate of drug-likeness (QED) is 0.247. The van der Waals surface area contributed by atoms with Gasteiger partial charge in [0.05, 0.1) is 16.8 Å². The number of aryl methyl sites for hydroxylation is 1. The van der Waals surface area contributed by atoms with Crippen LogP contribution in [0.3, 0.4) is 0 Å². The van der Waals surface area contributed by atoms with Crippen molar-refractivity contribution in [2.45, 2.75) is 31.3 Å². The molecule has 0 fully saturated rings. The maximum atomic E-state index is 13.7. The van der Waals surface area contributed by atoms with Gasteiger partial charge in [0.25, 0.3) is 5.56 Å². The van der Waals surface area contributed by atoms with Gasteiger partial charge in [0.1, 0.15) is 4.83 Å². The fourth-order valence-corrected chi connectivity index (χ4v) is 6.63.